The van der Waals surface area contributed by atoms with E-state index in [1.807, 2.05) is 19.1 Å². The predicted molar refractivity (Wildman–Crippen MR) is 153 cm³/mol. The van der Waals surface area contributed by atoms with Gasteiger partial charge in [0.25, 0.3) is 0 Å². The van der Waals surface area contributed by atoms with Crippen LogP contribution in [0, 0.1) is 6.92 Å². The van der Waals surface area contributed by atoms with Crippen molar-refractivity contribution in [1.82, 2.24) is 0 Å². The van der Waals surface area contributed by atoms with Crippen molar-refractivity contribution in [3.8, 4) is 17.2 Å². The summed E-state index contributed by atoms with van der Waals surface area (Å²) in [6.45, 7) is 9.92. The summed E-state index contributed by atoms with van der Waals surface area (Å²) < 4.78 is 21.8. The SMILES string of the molecule is C=C(C)C(=O)OCCCCOc1ccc(C(=O)Oc2ccc(C(=O)Oc3ccc(CCCC)cc3)cc2)cc1C. The Kier molecular flexibility index (Phi) is 11.5. The summed E-state index contributed by atoms with van der Waals surface area (Å²) in [5.41, 5.74) is 3.10. The molecule has 0 atom stereocenters. The van der Waals surface area contributed by atoms with Gasteiger partial charge in [0.2, 0.25) is 0 Å². The van der Waals surface area contributed by atoms with Gasteiger partial charge in [0.15, 0.2) is 0 Å². The van der Waals surface area contributed by atoms with Gasteiger partial charge < -0.3 is 18.9 Å². The van der Waals surface area contributed by atoms with Crippen LogP contribution in [0.15, 0.2) is 78.9 Å². The number of aryl methyl sites for hydroxylation is 2. The van der Waals surface area contributed by atoms with E-state index >= 15 is 0 Å². The molecule has 0 heterocycles. The molecule has 0 spiro atoms. The summed E-state index contributed by atoms with van der Waals surface area (Å²) in [5.74, 6) is 0.0521. The first-order chi connectivity index (χ1) is 19.3. The minimum absolute atomic E-state index is 0.312. The summed E-state index contributed by atoms with van der Waals surface area (Å²) >= 11 is 0. The van der Waals surface area contributed by atoms with Crippen LogP contribution in [-0.2, 0) is 16.0 Å². The van der Waals surface area contributed by atoms with Crippen molar-refractivity contribution in [3.05, 3.63) is 101 Å². The topological polar surface area (TPSA) is 88.1 Å². The van der Waals surface area contributed by atoms with Crippen molar-refractivity contribution in [2.24, 2.45) is 0 Å². The maximum Gasteiger partial charge on any atom is 0.343 e. The second-order valence-corrected chi connectivity index (χ2v) is 9.50. The molecule has 0 aliphatic carbocycles. The molecule has 7 heteroatoms. The Morgan fingerprint density at radius 3 is 1.93 bits per heavy atom. The van der Waals surface area contributed by atoms with Crippen LogP contribution in [0.5, 0.6) is 17.2 Å². The molecule has 0 aliphatic heterocycles. The van der Waals surface area contributed by atoms with Crippen LogP contribution >= 0.6 is 0 Å². The van der Waals surface area contributed by atoms with Crippen LogP contribution in [0.1, 0.15) is 71.4 Å². The summed E-state index contributed by atoms with van der Waals surface area (Å²) in [4.78, 5) is 36.5. The molecular formula is C33H36O7. The fraction of sp³-hybridized carbons (Fsp3) is 0.303. The summed E-state index contributed by atoms with van der Waals surface area (Å²) in [7, 11) is 0. The van der Waals surface area contributed by atoms with E-state index in [-0.39, 0.29) is 0 Å². The molecule has 0 aromatic heterocycles. The molecule has 3 rings (SSSR count). The smallest absolute Gasteiger partial charge is 0.343 e. The lowest BCUT2D eigenvalue weighted by Gasteiger charge is -2.11. The minimum Gasteiger partial charge on any atom is -0.493 e. The standard InChI is InChI=1S/C33H36O7/c1-5-6-9-25-10-15-28(16-11-25)39-32(35)26-12-17-29(18-13-26)40-33(36)27-14-19-30(24(4)22-27)37-20-7-8-21-38-31(34)23(2)3/h10-19,22H,2,5-9,20-21H2,1,3-4H3. The van der Waals surface area contributed by atoms with Gasteiger partial charge in [-0.1, -0.05) is 32.1 Å². The monoisotopic (exact) mass is 544 g/mol. The molecule has 0 fully saturated rings. The first-order valence-corrected chi connectivity index (χ1v) is 13.5. The highest BCUT2D eigenvalue weighted by molar-refractivity contribution is 5.93. The average molecular weight is 545 g/mol. The number of unbranched alkanes of at least 4 members (excludes halogenated alkanes) is 2. The summed E-state index contributed by atoms with van der Waals surface area (Å²) in [6.07, 6.45) is 4.63. The lowest BCUT2D eigenvalue weighted by Crippen LogP contribution is -2.11. The third-order valence-corrected chi connectivity index (χ3v) is 6.04. The van der Waals surface area contributed by atoms with E-state index in [0.29, 0.717) is 60.0 Å². The van der Waals surface area contributed by atoms with Gasteiger partial charge in [-0.25, -0.2) is 14.4 Å². The summed E-state index contributed by atoms with van der Waals surface area (Å²) in [6, 6.07) is 18.8. The third-order valence-electron chi connectivity index (χ3n) is 6.04. The largest absolute Gasteiger partial charge is 0.493 e. The molecule has 3 aromatic carbocycles. The van der Waals surface area contributed by atoms with E-state index in [4.69, 9.17) is 18.9 Å². The molecule has 0 saturated carbocycles. The van der Waals surface area contributed by atoms with E-state index in [1.165, 1.54) is 5.56 Å². The van der Waals surface area contributed by atoms with Crippen LogP contribution in [0.4, 0.5) is 0 Å². The molecular weight excluding hydrogens is 508 g/mol. The fourth-order valence-electron chi connectivity index (χ4n) is 3.71. The van der Waals surface area contributed by atoms with Crippen molar-refractivity contribution >= 4 is 17.9 Å². The molecule has 40 heavy (non-hydrogen) atoms. The second kappa shape index (κ2) is 15.3. The first-order valence-electron chi connectivity index (χ1n) is 13.5. The zero-order valence-corrected chi connectivity index (χ0v) is 23.4. The van der Waals surface area contributed by atoms with Crippen molar-refractivity contribution in [1.29, 1.82) is 0 Å². The zero-order chi connectivity index (χ0) is 28.9. The quantitative estimate of drug-likeness (QED) is 0.0929. The maximum absolute atomic E-state index is 12.7. The van der Waals surface area contributed by atoms with E-state index < -0.39 is 17.9 Å². The molecule has 0 bridgehead atoms. The van der Waals surface area contributed by atoms with Gasteiger partial charge in [-0.05, 0) is 105 Å². The van der Waals surface area contributed by atoms with Crippen LogP contribution in [0.2, 0.25) is 0 Å². The van der Waals surface area contributed by atoms with Crippen LogP contribution in [0.3, 0.4) is 0 Å². The highest BCUT2D eigenvalue weighted by Crippen LogP contribution is 2.22. The Hall–Kier alpha value is -4.39. The van der Waals surface area contributed by atoms with Crippen LogP contribution in [0.25, 0.3) is 0 Å². The number of hydrogen-bond donors (Lipinski definition) is 0. The molecule has 0 amide bonds. The Labute approximate surface area is 235 Å². The van der Waals surface area contributed by atoms with E-state index in [0.717, 1.165) is 24.8 Å². The van der Waals surface area contributed by atoms with Gasteiger partial charge in [-0.15, -0.1) is 0 Å². The lowest BCUT2D eigenvalue weighted by molar-refractivity contribution is -0.139. The van der Waals surface area contributed by atoms with E-state index in [2.05, 4.69) is 13.5 Å². The fourth-order valence-corrected chi connectivity index (χ4v) is 3.71. The second-order valence-electron chi connectivity index (χ2n) is 9.50. The third kappa shape index (κ3) is 9.42. The number of carbonyl (C=O) groups excluding carboxylic acids is 3. The highest BCUT2D eigenvalue weighted by Gasteiger charge is 2.13. The first kappa shape index (κ1) is 30.2. The average Bonchev–Trinajstić information content (AvgIpc) is 2.95. The number of rotatable bonds is 14. The van der Waals surface area contributed by atoms with Crippen molar-refractivity contribution < 1.29 is 33.3 Å². The molecule has 7 nitrogen and oxygen atoms in total. The number of ether oxygens (including phenoxy) is 4. The molecule has 3 aromatic rings. The van der Waals surface area contributed by atoms with Crippen molar-refractivity contribution in [2.75, 3.05) is 13.2 Å². The molecule has 0 radical (unpaired) electrons. The molecule has 0 aliphatic rings. The number of benzene rings is 3. The van der Waals surface area contributed by atoms with Gasteiger partial charge in [-0.2, -0.15) is 0 Å². The van der Waals surface area contributed by atoms with Crippen LogP contribution in [-0.4, -0.2) is 31.1 Å². The molecule has 0 saturated heterocycles. The lowest BCUT2D eigenvalue weighted by atomic mass is 10.1. The highest BCUT2D eigenvalue weighted by atomic mass is 16.5. The van der Waals surface area contributed by atoms with Gasteiger partial charge in [0.1, 0.15) is 17.2 Å². The van der Waals surface area contributed by atoms with Gasteiger partial charge in [0.05, 0.1) is 24.3 Å². The normalized spacial score (nSPS) is 10.5. The van der Waals surface area contributed by atoms with Crippen molar-refractivity contribution in [3.63, 3.8) is 0 Å². The Balaban J connectivity index is 1.46. The number of hydrogen-bond acceptors (Lipinski definition) is 7. The van der Waals surface area contributed by atoms with Crippen LogP contribution < -0.4 is 14.2 Å². The number of carbonyl (C=O) groups is 3. The summed E-state index contributed by atoms with van der Waals surface area (Å²) in [5, 5.41) is 0. The maximum atomic E-state index is 12.7. The zero-order valence-electron chi connectivity index (χ0n) is 23.4. The molecule has 0 unspecified atom stereocenters. The van der Waals surface area contributed by atoms with Gasteiger partial charge >= 0.3 is 17.9 Å². The number of esters is 3. The minimum atomic E-state index is -0.521. The van der Waals surface area contributed by atoms with Gasteiger partial charge in [0, 0.05) is 5.57 Å². The Morgan fingerprint density at radius 1 is 0.750 bits per heavy atom. The van der Waals surface area contributed by atoms with Gasteiger partial charge in [-0.3, -0.25) is 0 Å². The van der Waals surface area contributed by atoms with E-state index in [9.17, 15) is 14.4 Å². The predicted octanol–water partition coefficient (Wildman–Crippen LogP) is 7.05. The van der Waals surface area contributed by atoms with Crippen molar-refractivity contribution in [2.45, 2.75) is 52.9 Å². The Morgan fingerprint density at radius 2 is 1.32 bits per heavy atom. The molecule has 0 N–H and O–H groups in total. The van der Waals surface area contributed by atoms with E-state index in [1.54, 1.807) is 61.5 Å². The molecule has 210 valence electrons. The Bertz CT molecular complexity index is 1310.